The molecule has 3 amide bonds. The lowest BCUT2D eigenvalue weighted by molar-refractivity contribution is -0.127. The maximum atomic E-state index is 12.1. The van der Waals surface area contributed by atoms with Gasteiger partial charge in [0.1, 0.15) is 12.6 Å². The summed E-state index contributed by atoms with van der Waals surface area (Å²) >= 11 is 0. The summed E-state index contributed by atoms with van der Waals surface area (Å²) in [5.74, 6) is -0.851. The van der Waals surface area contributed by atoms with Crippen molar-refractivity contribution in [2.24, 2.45) is 5.92 Å². The molecular formula is C17H25N3O4. The Labute approximate surface area is 142 Å². The maximum absolute atomic E-state index is 12.1. The zero-order valence-electron chi connectivity index (χ0n) is 14.3. The van der Waals surface area contributed by atoms with Gasteiger partial charge in [0.25, 0.3) is 0 Å². The van der Waals surface area contributed by atoms with Crippen molar-refractivity contribution in [3.05, 3.63) is 35.9 Å². The number of nitrogens with one attached hydrogen (secondary N) is 3. The molecule has 0 spiro atoms. The highest BCUT2D eigenvalue weighted by molar-refractivity contribution is 5.89. The van der Waals surface area contributed by atoms with Crippen molar-refractivity contribution >= 4 is 17.9 Å². The van der Waals surface area contributed by atoms with Crippen LogP contribution in [0.15, 0.2) is 30.3 Å². The van der Waals surface area contributed by atoms with E-state index >= 15 is 0 Å². The second-order valence-electron chi connectivity index (χ2n) is 5.60. The number of hydrogen-bond acceptors (Lipinski definition) is 4. The molecule has 0 heterocycles. The normalized spacial score (nSPS) is 11.5. The molecule has 0 fully saturated rings. The zero-order valence-corrected chi connectivity index (χ0v) is 14.3. The van der Waals surface area contributed by atoms with Gasteiger partial charge in [0.2, 0.25) is 11.8 Å². The smallest absolute Gasteiger partial charge is 0.408 e. The van der Waals surface area contributed by atoms with Gasteiger partial charge in [-0.2, -0.15) is 0 Å². The molecular weight excluding hydrogens is 310 g/mol. The summed E-state index contributed by atoms with van der Waals surface area (Å²) in [4.78, 5) is 35.4. The molecule has 0 saturated heterocycles. The summed E-state index contributed by atoms with van der Waals surface area (Å²) in [6.07, 6.45) is -0.675. The van der Waals surface area contributed by atoms with Crippen LogP contribution in [0.3, 0.4) is 0 Å². The lowest BCUT2D eigenvalue weighted by Crippen LogP contribution is -2.51. The van der Waals surface area contributed by atoms with Gasteiger partial charge in [-0.25, -0.2) is 4.79 Å². The molecule has 1 aromatic carbocycles. The molecule has 0 aliphatic heterocycles. The first-order valence-electron chi connectivity index (χ1n) is 7.95. The van der Waals surface area contributed by atoms with Crippen molar-refractivity contribution in [1.29, 1.82) is 0 Å². The van der Waals surface area contributed by atoms with Gasteiger partial charge in [-0.05, 0) is 18.4 Å². The van der Waals surface area contributed by atoms with Crippen LogP contribution in [0.2, 0.25) is 0 Å². The standard InChI is InChI=1S/C17H25N3O4/c1-4-18-14(21)10-19-16(22)15(12(2)3)20-17(23)24-11-13-8-6-5-7-9-13/h5-9,12,15H,4,10-11H2,1-3H3,(H,18,21)(H,19,22)(H,20,23)/t15-/m0/s1. The van der Waals surface area contributed by atoms with Gasteiger partial charge >= 0.3 is 6.09 Å². The summed E-state index contributed by atoms with van der Waals surface area (Å²) in [6, 6.07) is 8.48. The second-order valence-corrected chi connectivity index (χ2v) is 5.60. The minimum absolute atomic E-state index is 0.123. The molecule has 0 aromatic heterocycles. The molecule has 24 heavy (non-hydrogen) atoms. The SMILES string of the molecule is CCNC(=O)CNC(=O)[C@@H](NC(=O)OCc1ccccc1)C(C)C. The third-order valence-corrected chi connectivity index (χ3v) is 3.23. The van der Waals surface area contributed by atoms with Crippen LogP contribution in [0.25, 0.3) is 0 Å². The van der Waals surface area contributed by atoms with Crippen LogP contribution >= 0.6 is 0 Å². The van der Waals surface area contributed by atoms with Gasteiger partial charge in [-0.3, -0.25) is 9.59 Å². The van der Waals surface area contributed by atoms with E-state index in [1.807, 2.05) is 30.3 Å². The topological polar surface area (TPSA) is 96.5 Å². The largest absolute Gasteiger partial charge is 0.445 e. The van der Waals surface area contributed by atoms with Gasteiger partial charge in [-0.1, -0.05) is 44.2 Å². The summed E-state index contributed by atoms with van der Waals surface area (Å²) in [6.45, 7) is 5.88. The molecule has 1 aromatic rings. The van der Waals surface area contributed by atoms with E-state index in [0.29, 0.717) is 6.54 Å². The molecule has 1 rings (SSSR count). The number of amides is 3. The quantitative estimate of drug-likeness (QED) is 0.665. The average molecular weight is 335 g/mol. The highest BCUT2D eigenvalue weighted by atomic mass is 16.5. The third-order valence-electron chi connectivity index (χ3n) is 3.23. The van der Waals surface area contributed by atoms with Gasteiger partial charge in [-0.15, -0.1) is 0 Å². The predicted octanol–water partition coefficient (Wildman–Crippen LogP) is 1.19. The molecule has 0 aliphatic carbocycles. The number of rotatable bonds is 8. The Morgan fingerprint density at radius 2 is 1.75 bits per heavy atom. The molecule has 7 nitrogen and oxygen atoms in total. The Hall–Kier alpha value is -2.57. The van der Waals surface area contributed by atoms with Crippen molar-refractivity contribution in [1.82, 2.24) is 16.0 Å². The minimum Gasteiger partial charge on any atom is -0.445 e. The lowest BCUT2D eigenvalue weighted by Gasteiger charge is -2.21. The molecule has 3 N–H and O–H groups in total. The molecule has 0 saturated carbocycles. The molecule has 0 unspecified atom stereocenters. The van der Waals surface area contributed by atoms with Gasteiger partial charge in [0.05, 0.1) is 6.54 Å². The molecule has 0 aliphatic rings. The minimum atomic E-state index is -0.775. The Morgan fingerprint density at radius 1 is 1.08 bits per heavy atom. The first-order valence-corrected chi connectivity index (χ1v) is 7.95. The van der Waals surface area contributed by atoms with Gasteiger partial charge in [0, 0.05) is 6.54 Å². The van der Waals surface area contributed by atoms with Crippen LogP contribution in [0.1, 0.15) is 26.3 Å². The van der Waals surface area contributed by atoms with E-state index in [1.165, 1.54) is 0 Å². The van der Waals surface area contributed by atoms with Gasteiger partial charge < -0.3 is 20.7 Å². The Kier molecular flexibility index (Phi) is 8.32. The third kappa shape index (κ3) is 7.13. The first kappa shape index (κ1) is 19.5. The summed E-state index contributed by atoms with van der Waals surface area (Å²) in [5, 5.41) is 7.63. The fraction of sp³-hybridized carbons (Fsp3) is 0.471. The van der Waals surface area contributed by atoms with E-state index in [1.54, 1.807) is 20.8 Å². The van der Waals surface area contributed by atoms with E-state index < -0.39 is 18.0 Å². The number of likely N-dealkylation sites (N-methyl/N-ethyl adjacent to an activating group) is 1. The van der Waals surface area contributed by atoms with Crippen molar-refractivity contribution in [3.8, 4) is 0 Å². The highest BCUT2D eigenvalue weighted by Gasteiger charge is 2.25. The van der Waals surface area contributed by atoms with E-state index in [9.17, 15) is 14.4 Å². The van der Waals surface area contributed by atoms with E-state index in [4.69, 9.17) is 4.74 Å². The summed E-state index contributed by atoms with van der Waals surface area (Å²) in [7, 11) is 0. The molecule has 0 radical (unpaired) electrons. The van der Waals surface area contributed by atoms with Crippen LogP contribution in [0, 0.1) is 5.92 Å². The number of carbonyl (C=O) groups is 3. The van der Waals surface area contributed by atoms with Crippen LogP contribution in [-0.2, 0) is 20.9 Å². The predicted molar refractivity (Wildman–Crippen MR) is 90.1 cm³/mol. The molecule has 0 bridgehead atoms. The molecule has 7 heteroatoms. The van der Waals surface area contributed by atoms with E-state index in [-0.39, 0.29) is 25.0 Å². The number of ether oxygens (including phenoxy) is 1. The van der Waals surface area contributed by atoms with Crippen LogP contribution < -0.4 is 16.0 Å². The van der Waals surface area contributed by atoms with Crippen LogP contribution in [0.5, 0.6) is 0 Å². The van der Waals surface area contributed by atoms with Crippen LogP contribution in [-0.4, -0.2) is 37.0 Å². The van der Waals surface area contributed by atoms with Crippen molar-refractivity contribution < 1.29 is 19.1 Å². The maximum Gasteiger partial charge on any atom is 0.408 e. The second kappa shape index (κ2) is 10.3. The number of alkyl carbamates (subject to hydrolysis) is 1. The number of benzene rings is 1. The number of carbonyl (C=O) groups excluding carboxylic acids is 3. The monoisotopic (exact) mass is 335 g/mol. The zero-order chi connectivity index (χ0) is 17.9. The summed E-state index contributed by atoms with van der Waals surface area (Å²) in [5.41, 5.74) is 0.856. The van der Waals surface area contributed by atoms with Crippen molar-refractivity contribution in [2.45, 2.75) is 33.4 Å². The van der Waals surface area contributed by atoms with E-state index in [0.717, 1.165) is 5.56 Å². The highest BCUT2D eigenvalue weighted by Crippen LogP contribution is 2.04. The van der Waals surface area contributed by atoms with Crippen molar-refractivity contribution in [2.75, 3.05) is 13.1 Å². The first-order chi connectivity index (χ1) is 11.4. The fourth-order valence-electron chi connectivity index (χ4n) is 1.96. The van der Waals surface area contributed by atoms with Crippen molar-refractivity contribution in [3.63, 3.8) is 0 Å². The van der Waals surface area contributed by atoms with E-state index in [2.05, 4.69) is 16.0 Å². The molecule has 1 atom stereocenters. The average Bonchev–Trinajstić information content (AvgIpc) is 2.56. The molecule has 132 valence electrons. The number of hydrogen-bond donors (Lipinski definition) is 3. The Bertz CT molecular complexity index is 546. The Morgan fingerprint density at radius 3 is 2.33 bits per heavy atom. The fourth-order valence-corrected chi connectivity index (χ4v) is 1.96. The Balaban J connectivity index is 2.47. The van der Waals surface area contributed by atoms with Crippen LogP contribution in [0.4, 0.5) is 4.79 Å². The summed E-state index contributed by atoms with van der Waals surface area (Å²) < 4.78 is 5.11. The van der Waals surface area contributed by atoms with Gasteiger partial charge in [0.15, 0.2) is 0 Å². The lowest BCUT2D eigenvalue weighted by atomic mass is 10.0.